The number of fused-ring (bicyclic) bond motifs is 1. The second-order valence-electron chi connectivity index (χ2n) is 6.03. The lowest BCUT2D eigenvalue weighted by Crippen LogP contribution is -2.48. The Balaban J connectivity index is 1.62. The van der Waals surface area contributed by atoms with Crippen molar-refractivity contribution in [3.8, 4) is 0 Å². The van der Waals surface area contributed by atoms with Crippen molar-refractivity contribution in [2.75, 3.05) is 26.2 Å². The molecule has 0 aliphatic carbocycles. The van der Waals surface area contributed by atoms with Crippen molar-refractivity contribution in [3.05, 3.63) is 24.3 Å². The van der Waals surface area contributed by atoms with Crippen LogP contribution >= 0.6 is 0 Å². The predicted octanol–water partition coefficient (Wildman–Crippen LogP) is 0.140. The highest BCUT2D eigenvalue weighted by Gasteiger charge is 2.28. The molecule has 2 aliphatic rings. The molecule has 9 heteroatoms. The fraction of sp³-hybridized carbons (Fsp3) is 0.533. The first-order chi connectivity index (χ1) is 11.8. The van der Waals surface area contributed by atoms with Crippen molar-refractivity contribution in [1.29, 1.82) is 0 Å². The Kier molecular flexibility index (Phi) is 4.08. The topological polar surface area (TPSA) is 84.7 Å². The van der Waals surface area contributed by atoms with Gasteiger partial charge in [-0.1, -0.05) is 12.1 Å². The van der Waals surface area contributed by atoms with Gasteiger partial charge in [-0.15, -0.1) is 15.1 Å². The average Bonchev–Trinajstić information content (AvgIpc) is 3.34. The van der Waals surface area contributed by atoms with E-state index in [2.05, 4.69) is 10.3 Å². The Bertz CT molecular complexity index is 732. The molecule has 9 nitrogen and oxygen atoms in total. The number of hydrazone groups is 1. The van der Waals surface area contributed by atoms with Crippen LogP contribution in [0.25, 0.3) is 11.0 Å². The van der Waals surface area contributed by atoms with Crippen molar-refractivity contribution in [3.63, 3.8) is 0 Å². The normalized spacial score (nSPS) is 19.8. The van der Waals surface area contributed by atoms with E-state index in [0.29, 0.717) is 0 Å². The minimum atomic E-state index is 0.193. The lowest BCUT2D eigenvalue weighted by atomic mass is 10.3. The van der Waals surface area contributed by atoms with Crippen LogP contribution in [0, 0.1) is 0 Å². The van der Waals surface area contributed by atoms with Gasteiger partial charge in [0.1, 0.15) is 5.52 Å². The van der Waals surface area contributed by atoms with Crippen LogP contribution in [0.1, 0.15) is 25.7 Å². The van der Waals surface area contributed by atoms with E-state index in [1.165, 1.54) is 9.69 Å². The molecule has 0 unspecified atom stereocenters. The van der Waals surface area contributed by atoms with E-state index in [1.807, 2.05) is 34.3 Å². The summed E-state index contributed by atoms with van der Waals surface area (Å²) in [5.74, 6) is 0. The molecule has 128 valence electrons. The molecule has 2 aromatic rings. The summed E-state index contributed by atoms with van der Waals surface area (Å²) >= 11 is 0. The van der Waals surface area contributed by atoms with Crippen LogP contribution in [0.5, 0.6) is 0 Å². The van der Waals surface area contributed by atoms with Crippen molar-refractivity contribution in [1.82, 2.24) is 25.2 Å². The molecule has 2 fully saturated rings. The summed E-state index contributed by atoms with van der Waals surface area (Å²) < 4.78 is 0. The lowest BCUT2D eigenvalue weighted by Gasteiger charge is -2.20. The zero-order valence-electron chi connectivity index (χ0n) is 13.5. The molecule has 0 radical (unpaired) electrons. The van der Waals surface area contributed by atoms with Gasteiger partial charge in [-0.05, 0) is 37.8 Å². The second kappa shape index (κ2) is 6.52. The fourth-order valence-electron chi connectivity index (χ4n) is 3.04. The number of amidine groups is 1. The summed E-state index contributed by atoms with van der Waals surface area (Å²) in [6.07, 6.45) is 4.42. The summed E-state index contributed by atoms with van der Waals surface area (Å²) in [5, 5.41) is 12.0. The highest BCUT2D eigenvalue weighted by atomic mass is 16.9. The first kappa shape index (κ1) is 15.0. The van der Waals surface area contributed by atoms with Crippen LogP contribution in [-0.4, -0.2) is 62.3 Å². The summed E-state index contributed by atoms with van der Waals surface area (Å²) in [4.78, 5) is 14.5. The van der Waals surface area contributed by atoms with Gasteiger partial charge in [0.25, 0.3) is 0 Å². The molecule has 0 saturated carbocycles. The van der Waals surface area contributed by atoms with Gasteiger partial charge in [-0.2, -0.15) is 0 Å². The third kappa shape index (κ3) is 2.94. The largest absolute Gasteiger partial charge is 0.467 e. The van der Waals surface area contributed by atoms with Gasteiger partial charge in [-0.25, -0.2) is 5.01 Å². The lowest BCUT2D eigenvalue weighted by molar-refractivity contribution is -0.892. The maximum Gasteiger partial charge on any atom is 0.467 e. The van der Waals surface area contributed by atoms with Crippen molar-refractivity contribution in [2.45, 2.75) is 25.7 Å². The average molecular weight is 332 g/mol. The van der Waals surface area contributed by atoms with E-state index in [1.54, 1.807) is 0 Å². The van der Waals surface area contributed by atoms with Crippen LogP contribution < -0.4 is 10.7 Å². The first-order valence-electron chi connectivity index (χ1n) is 8.40. The molecule has 0 spiro atoms. The Morgan fingerprint density at radius 3 is 2.54 bits per heavy atom. The smallest absolute Gasteiger partial charge is 0.341 e. The number of para-hydroxylation sites is 1. The zero-order valence-corrected chi connectivity index (χ0v) is 13.5. The van der Waals surface area contributed by atoms with Crippen molar-refractivity contribution in [2.24, 2.45) is 5.73 Å². The van der Waals surface area contributed by atoms with Crippen LogP contribution in [-0.2, 0) is 4.84 Å². The number of hydrogen-bond donors (Lipinski definition) is 1. The fourth-order valence-corrected chi connectivity index (χ4v) is 3.04. The molecule has 2 N–H and O–H groups in total. The molecule has 1 aromatic heterocycles. The summed E-state index contributed by atoms with van der Waals surface area (Å²) in [5.41, 5.74) is 7.72. The molecule has 0 atom stereocenters. The Labute approximate surface area is 139 Å². The molecule has 1 aromatic carbocycles. The Morgan fingerprint density at radius 2 is 1.75 bits per heavy atom. The van der Waals surface area contributed by atoms with Gasteiger partial charge < -0.3 is 4.84 Å². The van der Waals surface area contributed by atoms with Gasteiger partial charge in [-0.3, -0.25) is 5.73 Å². The summed E-state index contributed by atoms with van der Waals surface area (Å²) in [6.45, 7) is 3.47. The van der Waals surface area contributed by atoms with E-state index in [0.717, 1.165) is 62.9 Å². The van der Waals surface area contributed by atoms with Gasteiger partial charge in [0, 0.05) is 23.1 Å². The molecule has 2 aliphatic heterocycles. The van der Waals surface area contributed by atoms with Gasteiger partial charge in [0.05, 0.1) is 17.9 Å². The van der Waals surface area contributed by atoms with Crippen LogP contribution in [0.15, 0.2) is 24.3 Å². The van der Waals surface area contributed by atoms with Gasteiger partial charge in [0.2, 0.25) is 0 Å². The molecule has 4 rings (SSSR count). The predicted molar refractivity (Wildman–Crippen MR) is 86.3 cm³/mol. The molecule has 0 amide bonds. The van der Waals surface area contributed by atoms with E-state index < -0.39 is 0 Å². The number of hydrazine groups is 1. The van der Waals surface area contributed by atoms with Gasteiger partial charge >= 0.3 is 6.02 Å². The molecule has 2 saturated heterocycles. The molecule has 24 heavy (non-hydrogen) atoms. The molecular formula is C15H22N7O2+. The Hall–Kier alpha value is -2.55. The van der Waals surface area contributed by atoms with E-state index >= 15 is 0 Å². The van der Waals surface area contributed by atoms with Crippen LogP contribution in [0.2, 0.25) is 0 Å². The van der Waals surface area contributed by atoms with Crippen LogP contribution in [0.4, 0.5) is 0 Å². The number of benzene rings is 1. The van der Waals surface area contributed by atoms with Gasteiger partial charge in [0.15, 0.2) is 5.52 Å². The van der Waals surface area contributed by atoms with Crippen molar-refractivity contribution >= 4 is 17.1 Å². The summed E-state index contributed by atoms with van der Waals surface area (Å²) in [7, 11) is 0. The number of nitrogens with two attached hydrogens (primary N) is 1. The zero-order chi connectivity index (χ0) is 16.4. The minimum absolute atomic E-state index is 0.193. The maximum atomic E-state index is 6.19. The Morgan fingerprint density at radius 1 is 1.04 bits per heavy atom. The number of rotatable bonds is 4. The molecular weight excluding hydrogens is 310 g/mol. The summed E-state index contributed by atoms with van der Waals surface area (Å²) in [6, 6.07) is 7.81. The second-order valence-corrected chi connectivity index (χ2v) is 6.03. The number of aromatic nitrogens is 3. The third-order valence-electron chi connectivity index (χ3n) is 4.29. The number of hydroxylamine groups is 2. The van der Waals surface area contributed by atoms with E-state index in [9.17, 15) is 0 Å². The quantitative estimate of drug-likeness (QED) is 0.369. The number of hydrogen-bond acceptors (Lipinski definition) is 6. The van der Waals surface area contributed by atoms with E-state index in [-0.39, 0.29) is 6.02 Å². The van der Waals surface area contributed by atoms with Crippen molar-refractivity contribution < 1.29 is 14.6 Å². The van der Waals surface area contributed by atoms with Crippen LogP contribution in [0.3, 0.4) is 0 Å². The molecule has 0 bridgehead atoms. The monoisotopic (exact) mass is 332 g/mol. The standard InChI is InChI=1S/C15H21N7O2/c16-15(23-20-11-5-6-12-20)22(19-9-3-4-10-19)24-21-14-8-2-1-7-13(14)17-18-21/h1-2,7-8,16H,3-6,9-12H2/p+1. The maximum absolute atomic E-state index is 6.19. The number of nitrogens with zero attached hydrogens (tertiary/aromatic N) is 6. The highest BCUT2D eigenvalue weighted by molar-refractivity contribution is 5.73. The first-order valence-corrected chi connectivity index (χ1v) is 8.40. The molecule has 3 heterocycles. The minimum Gasteiger partial charge on any atom is -0.341 e. The highest BCUT2D eigenvalue weighted by Crippen LogP contribution is 2.12. The van der Waals surface area contributed by atoms with E-state index in [4.69, 9.17) is 15.5 Å². The SMILES string of the molecule is N/C(ON1CCCC1)=[N+](/On1nnc2ccccc21)N1CCCC1. The third-order valence-corrected chi connectivity index (χ3v) is 4.29.